The minimum atomic E-state index is -4.88. The third-order valence-corrected chi connectivity index (χ3v) is 10.5. The number of fused-ring (bicyclic) bond motifs is 1. The molecular formula is C37H51FN3O18P. The van der Waals surface area contributed by atoms with Gasteiger partial charge in [-0.2, -0.15) is 0 Å². The number of carbonyl (C=O) groups is 4. The van der Waals surface area contributed by atoms with Crippen LogP contribution in [0.1, 0.15) is 60.3 Å². The molecule has 23 heteroatoms. The van der Waals surface area contributed by atoms with Gasteiger partial charge in [-0.25, -0.2) is 37.0 Å². The number of hydrogen-bond acceptors (Lipinski definition) is 18. The van der Waals surface area contributed by atoms with E-state index in [0.717, 1.165) is 16.8 Å². The molecule has 1 aromatic carbocycles. The summed E-state index contributed by atoms with van der Waals surface area (Å²) >= 11 is 0. The molecule has 2 fully saturated rings. The average Bonchev–Trinajstić information content (AvgIpc) is 3.68. The quantitative estimate of drug-likeness (QED) is 0.0819. The van der Waals surface area contributed by atoms with Gasteiger partial charge < -0.3 is 43.2 Å². The Labute approximate surface area is 344 Å². The van der Waals surface area contributed by atoms with Crippen molar-refractivity contribution in [3.05, 3.63) is 69.0 Å². The van der Waals surface area contributed by atoms with Crippen molar-refractivity contribution in [3.8, 4) is 0 Å². The van der Waals surface area contributed by atoms with Gasteiger partial charge in [-0.15, -0.1) is 0 Å². The molecule has 2 aliphatic heterocycles. The fourth-order valence-electron chi connectivity index (χ4n) is 5.83. The summed E-state index contributed by atoms with van der Waals surface area (Å²) in [5.41, 5.74) is -5.41. The normalized spacial score (nSPS) is 23.0. The van der Waals surface area contributed by atoms with Gasteiger partial charge in [0.15, 0.2) is 18.6 Å². The lowest BCUT2D eigenvalue weighted by molar-refractivity contribution is -0.282. The summed E-state index contributed by atoms with van der Waals surface area (Å²) in [6.45, 7) is 3.97. The number of nitrogens with one attached hydrogen (secondary N) is 1. The van der Waals surface area contributed by atoms with Gasteiger partial charge in [0.2, 0.25) is 13.6 Å². The van der Waals surface area contributed by atoms with Crippen molar-refractivity contribution in [2.75, 3.05) is 34.0 Å². The van der Waals surface area contributed by atoms with Gasteiger partial charge in [-0.05, 0) is 18.4 Å². The zero-order valence-electron chi connectivity index (χ0n) is 34.4. The van der Waals surface area contributed by atoms with E-state index in [9.17, 15) is 33.3 Å². The van der Waals surface area contributed by atoms with E-state index >= 15 is 4.39 Å². The van der Waals surface area contributed by atoms with Crippen LogP contribution in [0, 0.1) is 17.8 Å². The van der Waals surface area contributed by atoms with Crippen molar-refractivity contribution in [1.82, 2.24) is 14.5 Å². The number of benzene rings is 1. The number of phosphoric acid groups is 1. The number of nitrogens with zero attached hydrogens (tertiary/aromatic N) is 2. The van der Waals surface area contributed by atoms with E-state index in [1.165, 1.54) is 41.7 Å². The van der Waals surface area contributed by atoms with Crippen LogP contribution in [0.15, 0.2) is 52.2 Å². The Hall–Kier alpha value is -4.54. The Morgan fingerprint density at radius 1 is 0.867 bits per heavy atom. The molecule has 0 aliphatic carbocycles. The second-order valence-corrected chi connectivity index (χ2v) is 16.4. The number of alkyl halides is 1. The molecule has 2 aliphatic rings. The van der Waals surface area contributed by atoms with Crippen LogP contribution in [0.4, 0.5) is 9.18 Å². The molecule has 0 bridgehead atoms. The van der Waals surface area contributed by atoms with Crippen molar-refractivity contribution < 1.29 is 79.6 Å². The lowest BCUT2D eigenvalue weighted by atomic mass is 9.88. The van der Waals surface area contributed by atoms with Crippen molar-refractivity contribution in [1.29, 1.82) is 0 Å². The third kappa shape index (κ3) is 11.6. The van der Waals surface area contributed by atoms with E-state index in [-0.39, 0.29) is 6.61 Å². The molecule has 21 nitrogen and oxygen atoms in total. The fourth-order valence-corrected chi connectivity index (χ4v) is 6.80. The molecule has 1 amide bonds. The number of alkyl carbamates (subject to hydrolysis) is 1. The Balaban J connectivity index is 1.56. The first-order chi connectivity index (χ1) is 28.3. The van der Waals surface area contributed by atoms with E-state index in [4.69, 9.17) is 51.5 Å². The molecule has 0 saturated carbocycles. The van der Waals surface area contributed by atoms with Gasteiger partial charge in [-0.3, -0.25) is 23.5 Å². The van der Waals surface area contributed by atoms with Crippen LogP contribution in [0.5, 0.6) is 0 Å². The molecule has 1 unspecified atom stereocenters. The molecule has 3 heterocycles. The minimum absolute atomic E-state index is 0.0732. The third-order valence-electron chi connectivity index (χ3n) is 9.18. The highest BCUT2D eigenvalue weighted by molar-refractivity contribution is 7.48. The highest BCUT2D eigenvalue weighted by Gasteiger charge is 2.70. The maximum absolute atomic E-state index is 15.4. The number of amides is 1. The Morgan fingerprint density at radius 2 is 1.48 bits per heavy atom. The SMILES string of the molecule is COC1O[C@@H]2[C@@](CF)(COP(=O)(OCOC(=O)C(C)C)OCOC(=O)C(C)C)O[C@@H](n3ccc(=O)n(COC(=O)[C@@H](NC(=O)OCc4ccccc4)C(C)C)c3=O)[C@]2(C)O1. The lowest BCUT2D eigenvalue weighted by Gasteiger charge is -2.31. The van der Waals surface area contributed by atoms with E-state index in [1.807, 2.05) is 0 Å². The second-order valence-electron chi connectivity index (χ2n) is 14.8. The summed E-state index contributed by atoms with van der Waals surface area (Å²) in [5.74, 6) is -4.16. The first-order valence-corrected chi connectivity index (χ1v) is 20.2. The molecule has 0 spiro atoms. The van der Waals surface area contributed by atoms with Crippen molar-refractivity contribution >= 4 is 31.8 Å². The van der Waals surface area contributed by atoms with Crippen molar-refractivity contribution in [3.63, 3.8) is 0 Å². The summed E-state index contributed by atoms with van der Waals surface area (Å²) in [7, 11) is -3.67. The molecule has 0 radical (unpaired) electrons. The van der Waals surface area contributed by atoms with Crippen molar-refractivity contribution in [2.45, 2.75) is 97.9 Å². The van der Waals surface area contributed by atoms with E-state index in [2.05, 4.69) is 5.32 Å². The molecule has 4 rings (SSSR count). The standard InChI is InChI=1S/C37H51FN3O18P/c1-22(2)27(39-33(46)50-16-25-12-10-9-11-13-25)30(45)51-19-41-26(42)14-15-40(34(41)47)32-36(7)31(57-35(49-8)59-36)37(17-38,58-32)18-54-60(48,55-20-52-28(43)23(3)4)56-21-53-29(44)24(5)6/h9-15,22-24,27,31-32,35H,16-21H2,1-8H3,(H,39,46)/t27-,31-,32+,35?,36+,37+/m0/s1. The first kappa shape index (κ1) is 48.1. The van der Waals surface area contributed by atoms with E-state index in [1.54, 1.807) is 44.2 Å². The highest BCUT2D eigenvalue weighted by atomic mass is 31.2. The fraction of sp³-hybridized carbons (Fsp3) is 0.622. The lowest BCUT2D eigenvalue weighted by Crippen LogP contribution is -2.52. The maximum Gasteiger partial charge on any atom is 0.480 e. The van der Waals surface area contributed by atoms with Crippen LogP contribution in [0.3, 0.4) is 0 Å². The summed E-state index contributed by atoms with van der Waals surface area (Å²) in [6, 6.07) is 8.50. The van der Waals surface area contributed by atoms with Gasteiger partial charge in [0.25, 0.3) is 12.0 Å². The molecule has 334 valence electrons. The summed E-state index contributed by atoms with van der Waals surface area (Å²) in [4.78, 5) is 76.8. The van der Waals surface area contributed by atoms with Gasteiger partial charge in [-0.1, -0.05) is 71.9 Å². The van der Waals surface area contributed by atoms with E-state index in [0.29, 0.717) is 10.1 Å². The number of aromatic nitrogens is 2. The maximum atomic E-state index is 15.4. The zero-order chi connectivity index (χ0) is 44.4. The number of halogens is 1. The molecule has 2 saturated heterocycles. The summed E-state index contributed by atoms with van der Waals surface area (Å²) in [6.07, 6.45) is -3.02. The number of phosphoric ester groups is 1. The second kappa shape index (κ2) is 20.8. The van der Waals surface area contributed by atoms with E-state index < -0.39 is 130 Å². The first-order valence-electron chi connectivity index (χ1n) is 18.7. The van der Waals surface area contributed by atoms with Gasteiger partial charge in [0.05, 0.1) is 18.4 Å². The number of methoxy groups -OCH3 is 1. The zero-order valence-corrected chi connectivity index (χ0v) is 35.3. The topological polar surface area (TPSA) is 243 Å². The molecule has 1 N–H and O–H groups in total. The molecule has 1 aromatic heterocycles. The van der Waals surface area contributed by atoms with Crippen LogP contribution in [0.2, 0.25) is 0 Å². The van der Waals surface area contributed by atoms with Gasteiger partial charge >= 0.3 is 37.5 Å². The number of ether oxygens (including phenoxy) is 8. The number of carbonyl (C=O) groups excluding carboxylic acids is 4. The van der Waals surface area contributed by atoms with Gasteiger partial charge in [0.1, 0.15) is 31.0 Å². The molecule has 6 atom stereocenters. The Bertz CT molecular complexity index is 1950. The van der Waals surface area contributed by atoms with Crippen LogP contribution in [0.25, 0.3) is 0 Å². The summed E-state index contributed by atoms with van der Waals surface area (Å²) < 4.78 is 89.9. The molecular weight excluding hydrogens is 824 g/mol. The smallest absolute Gasteiger partial charge is 0.445 e. The number of hydrogen-bond donors (Lipinski definition) is 1. The Kier molecular flexibility index (Phi) is 16.7. The molecule has 2 aromatic rings. The predicted molar refractivity (Wildman–Crippen MR) is 201 cm³/mol. The largest absolute Gasteiger partial charge is 0.480 e. The van der Waals surface area contributed by atoms with Crippen molar-refractivity contribution in [2.24, 2.45) is 17.8 Å². The monoisotopic (exact) mass is 875 g/mol. The van der Waals surface area contributed by atoms with Crippen LogP contribution < -0.4 is 16.6 Å². The van der Waals surface area contributed by atoms with Crippen LogP contribution in [-0.4, -0.2) is 96.9 Å². The molecule has 60 heavy (non-hydrogen) atoms. The summed E-state index contributed by atoms with van der Waals surface area (Å²) in [5, 5.41) is 2.43. The highest BCUT2D eigenvalue weighted by Crippen LogP contribution is 2.56. The number of rotatable bonds is 21. The van der Waals surface area contributed by atoms with Gasteiger partial charge in [0, 0.05) is 19.4 Å². The Morgan fingerprint density at radius 3 is 2.03 bits per heavy atom. The predicted octanol–water partition coefficient (Wildman–Crippen LogP) is 3.27. The van der Waals surface area contributed by atoms with Crippen LogP contribution in [-0.2, 0) is 83.8 Å². The average molecular weight is 876 g/mol. The van der Waals surface area contributed by atoms with Crippen LogP contribution >= 0.6 is 7.82 Å². The minimum Gasteiger partial charge on any atom is -0.445 e. The number of esters is 3.